The minimum absolute atomic E-state index is 0.452. The highest BCUT2D eigenvalue weighted by atomic mass is 28.3. The van der Waals surface area contributed by atoms with Gasteiger partial charge in [0.15, 0.2) is 8.07 Å². The zero-order valence-corrected chi connectivity index (χ0v) is 35.5. The second-order valence-corrected chi connectivity index (χ2v) is 25.4. The summed E-state index contributed by atoms with van der Waals surface area (Å²) in [6.07, 6.45) is 19.3. The van der Waals surface area contributed by atoms with Crippen LogP contribution in [0.4, 0.5) is 0 Å². The number of hydrogen-bond acceptors (Lipinski definition) is 0. The molecule has 5 aliphatic carbocycles. The molecule has 3 aromatic rings. The lowest BCUT2D eigenvalue weighted by Gasteiger charge is -2.56. The Kier molecular flexibility index (Phi) is 10.3. The standard InChI is InChI=1S/C52H72Si/c1-37(36-53(42-18-11-8-12-19-42,43-20-13-9-14-21-43)44-22-15-10-16-23-44)32-38-24-25-41(33-38)52(30-17-31-52)49-45-28-26-39(50(2,3)4)34-47(45)48-35-40(51(5,6)7)27-29-46(48)49/h8-16,18-23,38-41,45-49H,1,17,24-36H2,2-7H3. The average Bonchev–Trinajstić information content (AvgIpc) is 3.73. The molecule has 0 bridgehead atoms. The minimum atomic E-state index is -2.31. The van der Waals surface area contributed by atoms with Gasteiger partial charge in [-0.15, -0.1) is 6.58 Å². The maximum atomic E-state index is 4.97. The lowest BCUT2D eigenvalue weighted by molar-refractivity contribution is -0.0731. The van der Waals surface area contributed by atoms with E-state index in [1.54, 1.807) is 12.8 Å². The Hall–Kier alpha value is -2.38. The SMILES string of the molecule is C=C(CC1CCC(C2(C3C4CCC(C(C)(C)C)CC4C4CC(C(C)(C)C)CCC43)CCC2)C1)C[Si](c1ccccc1)(c1ccccc1)c1ccccc1. The van der Waals surface area contributed by atoms with Gasteiger partial charge in [0, 0.05) is 0 Å². The summed E-state index contributed by atoms with van der Waals surface area (Å²) >= 11 is 0. The van der Waals surface area contributed by atoms with Crippen molar-refractivity contribution in [2.24, 2.45) is 69.5 Å². The number of rotatable bonds is 9. The summed E-state index contributed by atoms with van der Waals surface area (Å²) in [6, 6.07) is 35.7. The first-order chi connectivity index (χ1) is 25.4. The van der Waals surface area contributed by atoms with Gasteiger partial charge in [-0.1, -0.05) is 145 Å². The Labute approximate surface area is 326 Å². The summed E-state index contributed by atoms with van der Waals surface area (Å²) < 4.78 is 0. The molecule has 0 aromatic heterocycles. The van der Waals surface area contributed by atoms with Crippen LogP contribution in [0.15, 0.2) is 103 Å². The molecule has 0 radical (unpaired) electrons. The number of hydrogen-bond donors (Lipinski definition) is 0. The summed E-state index contributed by atoms with van der Waals surface area (Å²) in [4.78, 5) is 0. The summed E-state index contributed by atoms with van der Waals surface area (Å²) in [5.74, 6) is 8.58. The molecule has 0 N–H and O–H groups in total. The van der Waals surface area contributed by atoms with Crippen LogP contribution in [0, 0.1) is 69.5 Å². The molecular formula is C52H72Si. The van der Waals surface area contributed by atoms with Crippen molar-refractivity contribution in [2.75, 3.05) is 0 Å². The van der Waals surface area contributed by atoms with Crippen molar-refractivity contribution in [3.63, 3.8) is 0 Å². The summed E-state index contributed by atoms with van der Waals surface area (Å²) in [7, 11) is -2.31. The fraction of sp³-hybridized carbons (Fsp3) is 0.615. The van der Waals surface area contributed by atoms with Crippen LogP contribution in [0.5, 0.6) is 0 Å². The third-order valence-electron chi connectivity index (χ3n) is 17.0. The van der Waals surface area contributed by atoms with Gasteiger partial charge in [0.2, 0.25) is 0 Å². The van der Waals surface area contributed by atoms with Crippen LogP contribution < -0.4 is 15.6 Å². The molecule has 1 heteroatoms. The van der Waals surface area contributed by atoms with Gasteiger partial charge < -0.3 is 0 Å². The molecule has 8 rings (SSSR count). The molecule has 5 saturated carbocycles. The molecule has 5 fully saturated rings. The second kappa shape index (κ2) is 14.6. The van der Waals surface area contributed by atoms with Gasteiger partial charge in [-0.25, -0.2) is 0 Å². The number of fused-ring (bicyclic) bond motifs is 3. The van der Waals surface area contributed by atoms with E-state index in [4.69, 9.17) is 6.58 Å². The van der Waals surface area contributed by atoms with Crippen LogP contribution in [-0.2, 0) is 0 Å². The lowest BCUT2D eigenvalue weighted by Crippen LogP contribution is -2.67. The molecule has 284 valence electrons. The van der Waals surface area contributed by atoms with Crippen molar-refractivity contribution in [1.29, 1.82) is 0 Å². The molecule has 5 aliphatic rings. The largest absolute Gasteiger partial charge is 0.152 e. The first-order valence-corrected chi connectivity index (χ1v) is 24.4. The molecule has 3 aromatic carbocycles. The zero-order chi connectivity index (χ0) is 37.0. The van der Waals surface area contributed by atoms with Crippen molar-refractivity contribution in [1.82, 2.24) is 0 Å². The molecular weight excluding hydrogens is 653 g/mol. The molecule has 0 amide bonds. The molecule has 8 atom stereocenters. The molecule has 0 aliphatic heterocycles. The summed E-state index contributed by atoms with van der Waals surface area (Å²) in [5, 5.41) is 4.55. The van der Waals surface area contributed by atoms with Crippen LogP contribution in [0.3, 0.4) is 0 Å². The Morgan fingerprint density at radius 1 is 0.585 bits per heavy atom. The van der Waals surface area contributed by atoms with E-state index in [9.17, 15) is 0 Å². The smallest absolute Gasteiger partial charge is 0.100 e. The van der Waals surface area contributed by atoms with Crippen molar-refractivity contribution < 1.29 is 0 Å². The van der Waals surface area contributed by atoms with Gasteiger partial charge in [0.1, 0.15) is 0 Å². The van der Waals surface area contributed by atoms with Crippen molar-refractivity contribution in [2.45, 2.75) is 131 Å². The fourth-order valence-corrected chi connectivity index (χ4v) is 19.1. The second-order valence-electron chi connectivity index (χ2n) is 21.5. The predicted molar refractivity (Wildman–Crippen MR) is 231 cm³/mol. The monoisotopic (exact) mass is 725 g/mol. The Bertz CT molecular complexity index is 1530. The lowest BCUT2D eigenvalue weighted by atomic mass is 9.48. The van der Waals surface area contributed by atoms with Crippen LogP contribution in [0.1, 0.15) is 125 Å². The Morgan fingerprint density at radius 3 is 1.43 bits per heavy atom. The van der Waals surface area contributed by atoms with Crippen LogP contribution in [0.25, 0.3) is 0 Å². The van der Waals surface area contributed by atoms with Crippen LogP contribution in [-0.4, -0.2) is 8.07 Å². The number of benzene rings is 3. The van der Waals surface area contributed by atoms with E-state index in [1.807, 2.05) is 0 Å². The molecule has 0 spiro atoms. The van der Waals surface area contributed by atoms with Gasteiger partial charge in [-0.3, -0.25) is 0 Å². The van der Waals surface area contributed by atoms with Gasteiger partial charge in [-0.05, 0) is 168 Å². The normalized spacial score (nSPS) is 32.8. The first-order valence-electron chi connectivity index (χ1n) is 22.2. The van der Waals surface area contributed by atoms with E-state index in [1.165, 1.54) is 91.8 Å². The van der Waals surface area contributed by atoms with Crippen LogP contribution >= 0.6 is 0 Å². The average molecular weight is 725 g/mol. The quantitative estimate of drug-likeness (QED) is 0.117. The van der Waals surface area contributed by atoms with E-state index in [-0.39, 0.29) is 0 Å². The van der Waals surface area contributed by atoms with E-state index >= 15 is 0 Å². The van der Waals surface area contributed by atoms with Gasteiger partial charge in [0.05, 0.1) is 0 Å². The van der Waals surface area contributed by atoms with Crippen molar-refractivity contribution in [3.8, 4) is 0 Å². The van der Waals surface area contributed by atoms with Crippen molar-refractivity contribution >= 4 is 23.6 Å². The van der Waals surface area contributed by atoms with Crippen molar-refractivity contribution in [3.05, 3.63) is 103 Å². The topological polar surface area (TPSA) is 0 Å². The zero-order valence-electron chi connectivity index (χ0n) is 34.5. The summed E-state index contributed by atoms with van der Waals surface area (Å²) in [5.41, 5.74) is 3.04. The maximum Gasteiger partial charge on any atom is 0.152 e. The number of allylic oxidation sites excluding steroid dienone is 1. The highest BCUT2D eigenvalue weighted by Crippen LogP contribution is 2.71. The highest BCUT2D eigenvalue weighted by Gasteiger charge is 2.64. The highest BCUT2D eigenvalue weighted by molar-refractivity contribution is 7.11. The first kappa shape index (κ1) is 37.5. The van der Waals surface area contributed by atoms with Crippen LogP contribution in [0.2, 0.25) is 6.04 Å². The Balaban J connectivity index is 1.04. The predicted octanol–water partition coefficient (Wildman–Crippen LogP) is 12.5. The van der Waals surface area contributed by atoms with E-state index in [2.05, 4.69) is 133 Å². The third-order valence-corrected chi connectivity index (χ3v) is 22.0. The van der Waals surface area contributed by atoms with E-state index < -0.39 is 8.07 Å². The van der Waals surface area contributed by atoms with Gasteiger partial charge >= 0.3 is 0 Å². The molecule has 0 heterocycles. The van der Waals surface area contributed by atoms with E-state index in [0.717, 1.165) is 59.3 Å². The van der Waals surface area contributed by atoms with Gasteiger partial charge in [-0.2, -0.15) is 0 Å². The molecule has 53 heavy (non-hydrogen) atoms. The third kappa shape index (κ3) is 6.91. The van der Waals surface area contributed by atoms with E-state index in [0.29, 0.717) is 16.2 Å². The van der Waals surface area contributed by atoms with Gasteiger partial charge in [0.25, 0.3) is 0 Å². The molecule has 0 saturated heterocycles. The molecule has 8 unspecified atom stereocenters. The molecule has 0 nitrogen and oxygen atoms in total. The minimum Gasteiger partial charge on any atom is -0.100 e. The summed E-state index contributed by atoms with van der Waals surface area (Å²) in [6.45, 7) is 20.3. The Morgan fingerprint density at radius 2 is 1.04 bits per heavy atom. The fourth-order valence-electron chi connectivity index (χ4n) is 14.3. The maximum absolute atomic E-state index is 4.97.